The van der Waals surface area contributed by atoms with Gasteiger partial charge in [-0.15, -0.1) is 0 Å². The standard InChI is InChI=1S/C15H24N2O3S/c1-3-9-16-14-7-5-6-8-15(14)21(18,19)17-10-11-20-13(4-2)12-17/h5-8,13,16H,3-4,9-12H2,1-2H3. The number of rotatable bonds is 6. The second kappa shape index (κ2) is 7.24. The number of nitrogens with zero attached hydrogens (tertiary/aromatic N) is 1. The van der Waals surface area contributed by atoms with Gasteiger partial charge in [-0.25, -0.2) is 8.42 Å². The highest BCUT2D eigenvalue weighted by Crippen LogP contribution is 2.26. The lowest BCUT2D eigenvalue weighted by molar-refractivity contribution is -0.00276. The number of anilines is 1. The van der Waals surface area contributed by atoms with Gasteiger partial charge in [-0.05, 0) is 25.0 Å². The van der Waals surface area contributed by atoms with E-state index in [0.717, 1.165) is 19.4 Å². The Morgan fingerprint density at radius 2 is 2.10 bits per heavy atom. The largest absolute Gasteiger partial charge is 0.384 e. The maximum atomic E-state index is 12.9. The number of morpholine rings is 1. The Morgan fingerprint density at radius 3 is 2.81 bits per heavy atom. The molecule has 1 heterocycles. The summed E-state index contributed by atoms with van der Waals surface area (Å²) in [4.78, 5) is 0.357. The lowest BCUT2D eigenvalue weighted by Crippen LogP contribution is -2.45. The van der Waals surface area contributed by atoms with Gasteiger partial charge in [0.25, 0.3) is 0 Å². The number of hydrogen-bond donors (Lipinski definition) is 1. The highest BCUT2D eigenvalue weighted by atomic mass is 32.2. The van der Waals surface area contributed by atoms with E-state index in [1.54, 1.807) is 12.1 Å². The van der Waals surface area contributed by atoms with Crippen LogP contribution in [0.4, 0.5) is 5.69 Å². The molecular formula is C15H24N2O3S. The lowest BCUT2D eigenvalue weighted by atomic mass is 10.2. The molecule has 0 aliphatic carbocycles. The van der Waals surface area contributed by atoms with Crippen molar-refractivity contribution in [2.24, 2.45) is 0 Å². The van der Waals surface area contributed by atoms with Crippen molar-refractivity contribution >= 4 is 15.7 Å². The Morgan fingerprint density at radius 1 is 1.33 bits per heavy atom. The molecule has 5 nitrogen and oxygen atoms in total. The minimum atomic E-state index is -3.48. The molecule has 1 N–H and O–H groups in total. The van der Waals surface area contributed by atoms with Gasteiger partial charge in [0, 0.05) is 19.6 Å². The van der Waals surface area contributed by atoms with Gasteiger partial charge < -0.3 is 10.1 Å². The Labute approximate surface area is 127 Å². The van der Waals surface area contributed by atoms with Crippen LogP contribution >= 0.6 is 0 Å². The molecule has 0 radical (unpaired) electrons. The van der Waals surface area contributed by atoms with Crippen LogP contribution in [0, 0.1) is 0 Å². The van der Waals surface area contributed by atoms with Crippen molar-refractivity contribution in [1.29, 1.82) is 0 Å². The average molecular weight is 312 g/mol. The zero-order valence-electron chi connectivity index (χ0n) is 12.7. The van der Waals surface area contributed by atoms with Crippen molar-refractivity contribution in [1.82, 2.24) is 4.31 Å². The molecule has 0 aromatic heterocycles. The number of para-hydroxylation sites is 1. The summed E-state index contributed by atoms with van der Waals surface area (Å²) in [6.07, 6.45) is 1.76. The molecule has 118 valence electrons. The van der Waals surface area contributed by atoms with Gasteiger partial charge in [0.2, 0.25) is 10.0 Å². The molecule has 1 saturated heterocycles. The molecule has 0 spiro atoms. The third-order valence-corrected chi connectivity index (χ3v) is 5.55. The van der Waals surface area contributed by atoms with Crippen LogP contribution in [-0.4, -0.2) is 45.1 Å². The Bertz CT molecular complexity index is 560. The monoisotopic (exact) mass is 312 g/mol. The van der Waals surface area contributed by atoms with E-state index in [4.69, 9.17) is 4.74 Å². The third-order valence-electron chi connectivity index (χ3n) is 3.63. The Hall–Kier alpha value is -1.11. The molecule has 21 heavy (non-hydrogen) atoms. The van der Waals surface area contributed by atoms with E-state index in [1.165, 1.54) is 4.31 Å². The van der Waals surface area contributed by atoms with E-state index < -0.39 is 10.0 Å². The summed E-state index contributed by atoms with van der Waals surface area (Å²) in [5.41, 5.74) is 0.680. The molecular weight excluding hydrogens is 288 g/mol. The van der Waals surface area contributed by atoms with Crippen LogP contribution in [0.2, 0.25) is 0 Å². The summed E-state index contributed by atoms with van der Waals surface area (Å²) in [5.74, 6) is 0. The molecule has 1 aromatic rings. The van der Waals surface area contributed by atoms with Gasteiger partial charge in [-0.3, -0.25) is 0 Å². The van der Waals surface area contributed by atoms with Gasteiger partial charge >= 0.3 is 0 Å². The minimum absolute atomic E-state index is 0.00992. The minimum Gasteiger partial charge on any atom is -0.384 e. The second-order valence-electron chi connectivity index (χ2n) is 5.19. The fourth-order valence-electron chi connectivity index (χ4n) is 2.39. The van der Waals surface area contributed by atoms with Crippen molar-refractivity contribution < 1.29 is 13.2 Å². The average Bonchev–Trinajstić information content (AvgIpc) is 2.53. The van der Waals surface area contributed by atoms with E-state index in [-0.39, 0.29) is 6.10 Å². The van der Waals surface area contributed by atoms with Crippen molar-refractivity contribution in [3.05, 3.63) is 24.3 Å². The first-order chi connectivity index (χ1) is 10.1. The third kappa shape index (κ3) is 3.75. The normalized spacial score (nSPS) is 20.4. The SMILES string of the molecule is CCCNc1ccccc1S(=O)(=O)N1CCOC(CC)C1. The zero-order valence-corrected chi connectivity index (χ0v) is 13.5. The van der Waals surface area contributed by atoms with E-state index >= 15 is 0 Å². The quantitative estimate of drug-likeness (QED) is 0.876. The predicted octanol–water partition coefficient (Wildman–Crippen LogP) is 2.31. The van der Waals surface area contributed by atoms with Gasteiger partial charge in [0.05, 0.1) is 18.4 Å². The van der Waals surface area contributed by atoms with Gasteiger partial charge in [-0.2, -0.15) is 4.31 Å². The van der Waals surface area contributed by atoms with Crippen LogP contribution in [0.25, 0.3) is 0 Å². The van der Waals surface area contributed by atoms with Crippen LogP contribution in [0.1, 0.15) is 26.7 Å². The number of hydrogen-bond acceptors (Lipinski definition) is 4. The summed E-state index contributed by atoms with van der Waals surface area (Å²) in [6.45, 7) is 6.13. The molecule has 0 bridgehead atoms. The molecule has 1 aliphatic rings. The van der Waals surface area contributed by atoms with Crippen LogP contribution < -0.4 is 5.32 Å². The molecule has 2 rings (SSSR count). The summed E-state index contributed by atoms with van der Waals surface area (Å²) in [6, 6.07) is 7.11. The maximum absolute atomic E-state index is 12.9. The molecule has 0 amide bonds. The van der Waals surface area contributed by atoms with Crippen LogP contribution in [0.5, 0.6) is 0 Å². The summed E-state index contributed by atoms with van der Waals surface area (Å²) in [5, 5.41) is 3.20. The molecule has 0 saturated carbocycles. The fraction of sp³-hybridized carbons (Fsp3) is 0.600. The van der Waals surface area contributed by atoms with Gasteiger partial charge in [-0.1, -0.05) is 26.0 Å². The predicted molar refractivity (Wildman–Crippen MR) is 84.0 cm³/mol. The highest BCUT2D eigenvalue weighted by molar-refractivity contribution is 7.89. The van der Waals surface area contributed by atoms with Gasteiger partial charge in [0.15, 0.2) is 0 Å². The second-order valence-corrected chi connectivity index (χ2v) is 7.09. The maximum Gasteiger partial charge on any atom is 0.245 e. The molecule has 6 heteroatoms. The van der Waals surface area contributed by atoms with Crippen molar-refractivity contribution in [3.8, 4) is 0 Å². The van der Waals surface area contributed by atoms with Crippen molar-refractivity contribution in [2.45, 2.75) is 37.7 Å². The smallest absolute Gasteiger partial charge is 0.245 e. The summed E-state index contributed by atoms with van der Waals surface area (Å²) < 4.78 is 32.8. The molecule has 1 unspecified atom stereocenters. The van der Waals surface area contributed by atoms with Crippen LogP contribution in [0.15, 0.2) is 29.2 Å². The molecule has 1 aromatic carbocycles. The van der Waals surface area contributed by atoms with E-state index in [2.05, 4.69) is 12.2 Å². The van der Waals surface area contributed by atoms with Crippen LogP contribution in [-0.2, 0) is 14.8 Å². The van der Waals surface area contributed by atoms with Crippen molar-refractivity contribution in [2.75, 3.05) is 31.6 Å². The molecule has 1 fully saturated rings. The number of nitrogens with one attached hydrogen (secondary N) is 1. The number of ether oxygens (including phenoxy) is 1. The summed E-state index contributed by atoms with van der Waals surface area (Å²) >= 11 is 0. The molecule has 1 aliphatic heterocycles. The fourth-order valence-corrected chi connectivity index (χ4v) is 4.02. The van der Waals surface area contributed by atoms with E-state index in [0.29, 0.717) is 30.3 Å². The van der Waals surface area contributed by atoms with E-state index in [9.17, 15) is 8.42 Å². The van der Waals surface area contributed by atoms with Crippen molar-refractivity contribution in [3.63, 3.8) is 0 Å². The highest BCUT2D eigenvalue weighted by Gasteiger charge is 2.31. The number of sulfonamides is 1. The van der Waals surface area contributed by atoms with E-state index in [1.807, 2.05) is 19.1 Å². The lowest BCUT2D eigenvalue weighted by Gasteiger charge is -2.32. The van der Waals surface area contributed by atoms with Crippen LogP contribution in [0.3, 0.4) is 0 Å². The topological polar surface area (TPSA) is 58.6 Å². The Balaban J connectivity index is 2.26. The number of benzene rings is 1. The molecule has 1 atom stereocenters. The zero-order chi connectivity index (χ0) is 15.3. The van der Waals surface area contributed by atoms with Gasteiger partial charge in [0.1, 0.15) is 4.90 Å². The Kier molecular flexibility index (Phi) is 5.61. The summed E-state index contributed by atoms with van der Waals surface area (Å²) in [7, 11) is -3.48. The first-order valence-electron chi connectivity index (χ1n) is 7.54. The first kappa shape index (κ1) is 16.3. The first-order valence-corrected chi connectivity index (χ1v) is 8.98.